The molecule has 4 nitrogen and oxygen atoms in total. The van der Waals surface area contributed by atoms with Crippen LogP contribution in [0, 0.1) is 0 Å². The molecular weight excluding hydrogens is 160 g/mol. The van der Waals surface area contributed by atoms with Gasteiger partial charge in [0.05, 0.1) is 19.0 Å². The first-order valence-electron chi connectivity index (χ1n) is 3.59. The highest BCUT2D eigenvalue weighted by atomic mass is 16.3. The minimum Gasteiger partial charge on any atom is -0.461 e. The van der Waals surface area contributed by atoms with E-state index in [9.17, 15) is 4.79 Å². The molecule has 0 saturated carbocycles. The van der Waals surface area contributed by atoms with E-state index in [1.54, 1.807) is 6.07 Å². The predicted molar refractivity (Wildman–Crippen MR) is 40.7 cm³/mol. The van der Waals surface area contributed by atoms with E-state index in [1.807, 2.05) is 0 Å². The van der Waals surface area contributed by atoms with E-state index in [0.717, 1.165) is 0 Å². The van der Waals surface area contributed by atoms with Crippen LogP contribution in [-0.4, -0.2) is 28.7 Å². The number of hydrogen-bond donors (Lipinski definition) is 2. The Hall–Kier alpha value is -1.13. The fraction of sp³-hybridized carbons (Fsp3) is 0.375. The highest BCUT2D eigenvalue weighted by molar-refractivity contribution is 5.93. The van der Waals surface area contributed by atoms with Crippen LogP contribution in [0.15, 0.2) is 22.8 Å². The molecule has 66 valence electrons. The Bertz CT molecular complexity index is 240. The van der Waals surface area contributed by atoms with Gasteiger partial charge in [-0.15, -0.1) is 0 Å². The summed E-state index contributed by atoms with van der Waals surface area (Å²) in [6.07, 6.45) is 0.283. The maximum atomic E-state index is 11.1. The van der Waals surface area contributed by atoms with Crippen LogP contribution in [0.25, 0.3) is 0 Å². The molecule has 0 radical (unpaired) electrons. The normalized spacial score (nSPS) is 12.8. The molecule has 0 spiro atoms. The Kier molecular flexibility index (Phi) is 3.01. The van der Waals surface area contributed by atoms with Crippen molar-refractivity contribution in [3.63, 3.8) is 0 Å². The molecule has 0 fully saturated rings. The molecule has 1 atom stereocenters. The number of aliphatic hydroxyl groups is 2. The SMILES string of the molecule is O=C(C[C@@H](O)CO)c1ccco1. The largest absolute Gasteiger partial charge is 0.461 e. The Morgan fingerprint density at radius 2 is 2.42 bits per heavy atom. The van der Waals surface area contributed by atoms with Crippen molar-refractivity contribution >= 4 is 5.78 Å². The Balaban J connectivity index is 2.50. The Labute approximate surface area is 69.4 Å². The first kappa shape index (κ1) is 8.96. The number of aliphatic hydroxyl groups excluding tert-OH is 2. The molecule has 1 aromatic rings. The van der Waals surface area contributed by atoms with E-state index < -0.39 is 12.7 Å². The molecule has 4 heteroatoms. The van der Waals surface area contributed by atoms with Gasteiger partial charge in [-0.25, -0.2) is 0 Å². The van der Waals surface area contributed by atoms with Crippen LogP contribution < -0.4 is 0 Å². The standard InChI is InChI=1S/C8H10O4/c9-5-6(10)4-7(11)8-2-1-3-12-8/h1-3,6,9-10H,4-5H2/t6-/m1/s1. The van der Waals surface area contributed by atoms with Crippen LogP contribution in [0.4, 0.5) is 0 Å². The molecule has 0 amide bonds. The number of carbonyl (C=O) groups is 1. The van der Waals surface area contributed by atoms with E-state index in [-0.39, 0.29) is 18.0 Å². The van der Waals surface area contributed by atoms with Gasteiger partial charge in [0.2, 0.25) is 5.78 Å². The van der Waals surface area contributed by atoms with Crippen molar-refractivity contribution in [2.75, 3.05) is 6.61 Å². The first-order chi connectivity index (χ1) is 5.74. The lowest BCUT2D eigenvalue weighted by atomic mass is 10.1. The molecule has 12 heavy (non-hydrogen) atoms. The Morgan fingerprint density at radius 3 is 2.92 bits per heavy atom. The smallest absolute Gasteiger partial charge is 0.200 e. The molecule has 2 N–H and O–H groups in total. The quantitative estimate of drug-likeness (QED) is 0.633. The highest BCUT2D eigenvalue weighted by Crippen LogP contribution is 2.05. The van der Waals surface area contributed by atoms with Crippen LogP contribution in [0.3, 0.4) is 0 Å². The van der Waals surface area contributed by atoms with Crippen molar-refractivity contribution in [2.24, 2.45) is 0 Å². The van der Waals surface area contributed by atoms with Gasteiger partial charge in [0.25, 0.3) is 0 Å². The van der Waals surface area contributed by atoms with Crippen LogP contribution >= 0.6 is 0 Å². The second-order valence-corrected chi connectivity index (χ2v) is 2.44. The van der Waals surface area contributed by atoms with Gasteiger partial charge in [-0.2, -0.15) is 0 Å². The topological polar surface area (TPSA) is 70.7 Å². The lowest BCUT2D eigenvalue weighted by Gasteiger charge is -2.02. The van der Waals surface area contributed by atoms with Crippen molar-refractivity contribution < 1.29 is 19.4 Å². The van der Waals surface area contributed by atoms with Gasteiger partial charge in [-0.3, -0.25) is 4.79 Å². The number of Topliss-reactive ketones (excluding diaryl/α,β-unsaturated/α-hetero) is 1. The summed E-state index contributed by atoms with van der Waals surface area (Å²) in [5, 5.41) is 17.4. The molecule has 0 aliphatic rings. The highest BCUT2D eigenvalue weighted by Gasteiger charge is 2.13. The second-order valence-electron chi connectivity index (χ2n) is 2.44. The third kappa shape index (κ3) is 2.18. The third-order valence-corrected chi connectivity index (χ3v) is 1.43. The number of carbonyl (C=O) groups excluding carboxylic acids is 1. The van der Waals surface area contributed by atoms with Crippen molar-refractivity contribution in [1.82, 2.24) is 0 Å². The van der Waals surface area contributed by atoms with Gasteiger partial charge in [0.1, 0.15) is 0 Å². The van der Waals surface area contributed by atoms with E-state index >= 15 is 0 Å². The number of ketones is 1. The summed E-state index contributed by atoms with van der Waals surface area (Å²) in [5.74, 6) is -0.0935. The predicted octanol–water partition coefficient (Wildman–Crippen LogP) is 0.206. The fourth-order valence-corrected chi connectivity index (χ4v) is 0.816. The average Bonchev–Trinajstić information content (AvgIpc) is 2.56. The monoisotopic (exact) mass is 170 g/mol. The molecule has 0 aliphatic carbocycles. The molecule has 1 rings (SSSR count). The van der Waals surface area contributed by atoms with E-state index in [4.69, 9.17) is 14.6 Å². The Morgan fingerprint density at radius 1 is 1.67 bits per heavy atom. The molecule has 0 bridgehead atoms. The van der Waals surface area contributed by atoms with Crippen LogP contribution in [-0.2, 0) is 0 Å². The second kappa shape index (κ2) is 4.04. The van der Waals surface area contributed by atoms with E-state index in [1.165, 1.54) is 12.3 Å². The van der Waals surface area contributed by atoms with Gasteiger partial charge < -0.3 is 14.6 Å². The van der Waals surface area contributed by atoms with Crippen molar-refractivity contribution in [2.45, 2.75) is 12.5 Å². The van der Waals surface area contributed by atoms with Gasteiger partial charge in [-0.05, 0) is 12.1 Å². The molecule has 0 aliphatic heterocycles. The molecule has 1 aromatic heterocycles. The van der Waals surface area contributed by atoms with Gasteiger partial charge in [0, 0.05) is 6.42 Å². The minimum atomic E-state index is -0.998. The van der Waals surface area contributed by atoms with Crippen LogP contribution in [0.1, 0.15) is 17.0 Å². The zero-order valence-electron chi connectivity index (χ0n) is 6.43. The average molecular weight is 170 g/mol. The van der Waals surface area contributed by atoms with Gasteiger partial charge >= 0.3 is 0 Å². The fourth-order valence-electron chi connectivity index (χ4n) is 0.816. The molecule has 1 heterocycles. The van der Waals surface area contributed by atoms with E-state index in [2.05, 4.69) is 0 Å². The summed E-state index contributed by atoms with van der Waals surface area (Å²) in [5.41, 5.74) is 0. The molecule has 0 aromatic carbocycles. The summed E-state index contributed by atoms with van der Waals surface area (Å²) >= 11 is 0. The summed E-state index contributed by atoms with van der Waals surface area (Å²) < 4.78 is 4.80. The summed E-state index contributed by atoms with van der Waals surface area (Å²) in [4.78, 5) is 11.1. The van der Waals surface area contributed by atoms with E-state index in [0.29, 0.717) is 0 Å². The maximum absolute atomic E-state index is 11.1. The van der Waals surface area contributed by atoms with Gasteiger partial charge in [-0.1, -0.05) is 0 Å². The zero-order chi connectivity index (χ0) is 8.97. The summed E-state index contributed by atoms with van der Waals surface area (Å²) in [6.45, 7) is -0.410. The van der Waals surface area contributed by atoms with Gasteiger partial charge in [0.15, 0.2) is 5.76 Å². The lowest BCUT2D eigenvalue weighted by Crippen LogP contribution is -2.16. The zero-order valence-corrected chi connectivity index (χ0v) is 6.43. The number of rotatable bonds is 4. The third-order valence-electron chi connectivity index (χ3n) is 1.43. The van der Waals surface area contributed by atoms with Crippen LogP contribution in [0.5, 0.6) is 0 Å². The molecule has 0 unspecified atom stereocenters. The first-order valence-corrected chi connectivity index (χ1v) is 3.59. The molecular formula is C8H10O4. The van der Waals surface area contributed by atoms with Crippen molar-refractivity contribution in [3.05, 3.63) is 24.2 Å². The number of hydrogen-bond acceptors (Lipinski definition) is 4. The molecule has 0 saturated heterocycles. The maximum Gasteiger partial charge on any atom is 0.200 e. The number of furan rings is 1. The van der Waals surface area contributed by atoms with Crippen LogP contribution in [0.2, 0.25) is 0 Å². The summed E-state index contributed by atoms with van der Waals surface area (Å²) in [7, 11) is 0. The summed E-state index contributed by atoms with van der Waals surface area (Å²) in [6, 6.07) is 3.12. The minimum absolute atomic E-state index is 0.107. The van der Waals surface area contributed by atoms with Crippen molar-refractivity contribution in [1.29, 1.82) is 0 Å². The lowest BCUT2D eigenvalue weighted by molar-refractivity contribution is 0.0684. The van der Waals surface area contributed by atoms with Crippen molar-refractivity contribution in [3.8, 4) is 0 Å².